The Bertz CT molecular complexity index is 150. The van der Waals surface area contributed by atoms with Gasteiger partial charge in [0.1, 0.15) is 0 Å². The standard InChI is InChI=1S/C10H22N2/c1-7-10(12(6)11-5)9(4)8(2)3/h7-9,11H,1-6H3/b10-7+. The zero-order valence-electron chi connectivity index (χ0n) is 9.18. The van der Waals surface area contributed by atoms with Crippen molar-refractivity contribution in [2.75, 3.05) is 14.1 Å². The lowest BCUT2D eigenvalue weighted by molar-refractivity contribution is 0.269. The lowest BCUT2D eigenvalue weighted by Crippen LogP contribution is -2.33. The third-order valence-corrected chi connectivity index (χ3v) is 2.49. The number of hydrogen-bond donors (Lipinski definition) is 1. The van der Waals surface area contributed by atoms with E-state index in [0.29, 0.717) is 11.8 Å². The molecule has 0 saturated carbocycles. The van der Waals surface area contributed by atoms with E-state index in [2.05, 4.69) is 44.2 Å². The van der Waals surface area contributed by atoms with Crippen molar-refractivity contribution in [3.8, 4) is 0 Å². The molecule has 0 saturated heterocycles. The van der Waals surface area contributed by atoms with Crippen LogP contribution in [-0.2, 0) is 0 Å². The van der Waals surface area contributed by atoms with Crippen molar-refractivity contribution in [1.29, 1.82) is 0 Å². The summed E-state index contributed by atoms with van der Waals surface area (Å²) in [4.78, 5) is 0. The maximum Gasteiger partial charge on any atom is 0.0278 e. The highest BCUT2D eigenvalue weighted by Gasteiger charge is 2.14. The van der Waals surface area contributed by atoms with Gasteiger partial charge in [0.15, 0.2) is 0 Å². The van der Waals surface area contributed by atoms with Gasteiger partial charge in [-0.15, -0.1) is 0 Å². The van der Waals surface area contributed by atoms with Gasteiger partial charge in [-0.05, 0) is 18.8 Å². The predicted molar refractivity (Wildman–Crippen MR) is 54.6 cm³/mol. The maximum atomic E-state index is 3.12. The van der Waals surface area contributed by atoms with Crippen LogP contribution in [0.1, 0.15) is 27.7 Å². The van der Waals surface area contributed by atoms with Crippen LogP contribution in [-0.4, -0.2) is 19.1 Å². The zero-order valence-corrected chi connectivity index (χ0v) is 9.18. The number of allylic oxidation sites excluding steroid dienone is 2. The average Bonchev–Trinajstić information content (AvgIpc) is 2.05. The van der Waals surface area contributed by atoms with E-state index in [4.69, 9.17) is 0 Å². The molecule has 2 heteroatoms. The fraction of sp³-hybridized carbons (Fsp3) is 0.800. The molecule has 0 bridgehead atoms. The molecule has 1 unspecified atom stereocenters. The van der Waals surface area contributed by atoms with E-state index in [1.165, 1.54) is 5.70 Å². The predicted octanol–water partition coefficient (Wildman–Crippen LogP) is 2.25. The van der Waals surface area contributed by atoms with Crippen molar-refractivity contribution in [1.82, 2.24) is 10.4 Å². The van der Waals surface area contributed by atoms with Gasteiger partial charge in [0.05, 0.1) is 0 Å². The fourth-order valence-corrected chi connectivity index (χ4v) is 1.23. The van der Waals surface area contributed by atoms with E-state index in [1.54, 1.807) is 0 Å². The molecular formula is C10H22N2. The van der Waals surface area contributed by atoms with Gasteiger partial charge < -0.3 is 5.01 Å². The van der Waals surface area contributed by atoms with E-state index in [1.807, 2.05) is 14.1 Å². The first-order chi connectivity index (χ1) is 5.54. The fourth-order valence-electron chi connectivity index (χ4n) is 1.23. The Balaban J connectivity index is 4.36. The summed E-state index contributed by atoms with van der Waals surface area (Å²) in [6, 6.07) is 0. The van der Waals surface area contributed by atoms with Crippen LogP contribution in [0.15, 0.2) is 11.8 Å². The minimum Gasteiger partial charge on any atom is -0.316 e. The summed E-state index contributed by atoms with van der Waals surface area (Å²) in [6.45, 7) is 8.84. The maximum absolute atomic E-state index is 3.12. The smallest absolute Gasteiger partial charge is 0.0278 e. The van der Waals surface area contributed by atoms with Gasteiger partial charge in [0.2, 0.25) is 0 Å². The van der Waals surface area contributed by atoms with Crippen LogP contribution in [0.2, 0.25) is 0 Å². The van der Waals surface area contributed by atoms with Gasteiger partial charge in [-0.1, -0.05) is 26.8 Å². The zero-order chi connectivity index (χ0) is 9.72. The van der Waals surface area contributed by atoms with Gasteiger partial charge in [0, 0.05) is 19.8 Å². The van der Waals surface area contributed by atoms with Gasteiger partial charge >= 0.3 is 0 Å². The molecule has 0 heterocycles. The van der Waals surface area contributed by atoms with Crippen LogP contribution < -0.4 is 5.43 Å². The van der Waals surface area contributed by atoms with E-state index >= 15 is 0 Å². The molecule has 72 valence electrons. The molecule has 0 aromatic rings. The summed E-state index contributed by atoms with van der Waals surface area (Å²) in [7, 11) is 3.99. The third-order valence-electron chi connectivity index (χ3n) is 2.49. The second-order valence-electron chi connectivity index (χ2n) is 3.53. The highest BCUT2D eigenvalue weighted by atomic mass is 15.5. The van der Waals surface area contributed by atoms with Crippen molar-refractivity contribution < 1.29 is 0 Å². The summed E-state index contributed by atoms with van der Waals surface area (Å²) in [5.41, 5.74) is 4.47. The molecule has 0 aromatic heterocycles. The molecule has 1 atom stereocenters. The normalized spacial score (nSPS) is 15.1. The number of hydrazine groups is 1. The lowest BCUT2D eigenvalue weighted by Gasteiger charge is -2.28. The van der Waals surface area contributed by atoms with Crippen LogP contribution in [0, 0.1) is 11.8 Å². The monoisotopic (exact) mass is 170 g/mol. The minimum absolute atomic E-state index is 0.604. The molecule has 1 N–H and O–H groups in total. The summed E-state index contributed by atoms with van der Waals surface area (Å²) in [5, 5.41) is 2.07. The Hall–Kier alpha value is -0.500. The van der Waals surface area contributed by atoms with Gasteiger partial charge in [-0.3, -0.25) is 0 Å². The Kier molecular flexibility index (Phi) is 4.98. The molecule has 2 nitrogen and oxygen atoms in total. The molecule has 0 aromatic carbocycles. The Morgan fingerprint density at radius 3 is 2.08 bits per heavy atom. The SMILES string of the molecule is C/C=C(\C(C)C(C)C)N(C)NC. The Morgan fingerprint density at radius 1 is 1.33 bits per heavy atom. The van der Waals surface area contributed by atoms with Gasteiger partial charge in [0.25, 0.3) is 0 Å². The number of hydrogen-bond acceptors (Lipinski definition) is 2. The molecule has 0 fully saturated rings. The van der Waals surface area contributed by atoms with Crippen molar-refractivity contribution in [3.63, 3.8) is 0 Å². The van der Waals surface area contributed by atoms with Crippen molar-refractivity contribution >= 4 is 0 Å². The van der Waals surface area contributed by atoms with Crippen LogP contribution in [0.3, 0.4) is 0 Å². The molecule has 0 rings (SSSR count). The molecule has 0 aliphatic carbocycles. The van der Waals surface area contributed by atoms with E-state index in [-0.39, 0.29) is 0 Å². The molecule has 0 aliphatic rings. The quantitative estimate of drug-likeness (QED) is 0.651. The van der Waals surface area contributed by atoms with Gasteiger partial charge in [-0.2, -0.15) is 0 Å². The van der Waals surface area contributed by atoms with E-state index in [0.717, 1.165) is 0 Å². The van der Waals surface area contributed by atoms with Crippen LogP contribution in [0.25, 0.3) is 0 Å². The summed E-state index contributed by atoms with van der Waals surface area (Å²) >= 11 is 0. The molecular weight excluding hydrogens is 148 g/mol. The topological polar surface area (TPSA) is 15.3 Å². The molecule has 12 heavy (non-hydrogen) atoms. The average molecular weight is 170 g/mol. The first-order valence-corrected chi connectivity index (χ1v) is 4.61. The number of rotatable bonds is 4. The third kappa shape index (κ3) is 2.86. The van der Waals surface area contributed by atoms with Crippen molar-refractivity contribution in [2.24, 2.45) is 11.8 Å². The molecule has 0 amide bonds. The second kappa shape index (κ2) is 5.20. The van der Waals surface area contributed by atoms with Crippen LogP contribution in [0.4, 0.5) is 0 Å². The van der Waals surface area contributed by atoms with Crippen LogP contribution in [0.5, 0.6) is 0 Å². The lowest BCUT2D eigenvalue weighted by atomic mass is 9.94. The minimum atomic E-state index is 0.604. The Morgan fingerprint density at radius 2 is 1.83 bits per heavy atom. The highest BCUT2D eigenvalue weighted by Crippen LogP contribution is 2.20. The molecule has 0 aliphatic heterocycles. The van der Waals surface area contributed by atoms with Gasteiger partial charge in [-0.25, -0.2) is 5.43 Å². The highest BCUT2D eigenvalue weighted by molar-refractivity contribution is 5.02. The molecule has 0 radical (unpaired) electrons. The first-order valence-electron chi connectivity index (χ1n) is 4.61. The first kappa shape index (κ1) is 11.5. The second-order valence-corrected chi connectivity index (χ2v) is 3.53. The summed E-state index contributed by atoms with van der Waals surface area (Å²) in [6.07, 6.45) is 2.17. The number of nitrogens with zero attached hydrogens (tertiary/aromatic N) is 1. The van der Waals surface area contributed by atoms with E-state index < -0.39 is 0 Å². The van der Waals surface area contributed by atoms with Crippen molar-refractivity contribution in [3.05, 3.63) is 11.8 Å². The summed E-state index contributed by atoms with van der Waals surface area (Å²) in [5.74, 6) is 1.29. The van der Waals surface area contributed by atoms with Crippen molar-refractivity contribution in [2.45, 2.75) is 27.7 Å². The largest absolute Gasteiger partial charge is 0.316 e. The summed E-state index contributed by atoms with van der Waals surface area (Å²) < 4.78 is 0. The Labute approximate surface area is 76.6 Å². The number of nitrogens with one attached hydrogen (secondary N) is 1. The van der Waals surface area contributed by atoms with E-state index in [9.17, 15) is 0 Å². The van der Waals surface area contributed by atoms with Crippen LogP contribution >= 0.6 is 0 Å². The molecule has 0 spiro atoms.